The van der Waals surface area contributed by atoms with E-state index in [0.717, 1.165) is 4.90 Å². The maximum Gasteiger partial charge on any atom is 0.422 e. The lowest BCUT2D eigenvalue weighted by molar-refractivity contribution is 0.178. The van der Waals surface area contributed by atoms with Crippen molar-refractivity contribution in [2.75, 3.05) is 18.6 Å². The van der Waals surface area contributed by atoms with Gasteiger partial charge in [0.05, 0.1) is 12.8 Å². The number of nitrogens with zero attached hydrogens (tertiary/aromatic N) is 1. The van der Waals surface area contributed by atoms with Crippen molar-refractivity contribution in [1.82, 2.24) is 5.32 Å². The Morgan fingerprint density at radius 2 is 1.94 bits per heavy atom. The highest BCUT2D eigenvalue weighted by molar-refractivity contribution is 6.30. The molecule has 0 heterocycles. The molecule has 0 aromatic heterocycles. The zero-order valence-corrected chi connectivity index (χ0v) is 10.3. The van der Waals surface area contributed by atoms with E-state index in [1.54, 1.807) is 31.2 Å². The van der Waals surface area contributed by atoms with Crippen LogP contribution in [0.25, 0.3) is 0 Å². The molecule has 0 radical (unpaired) electrons. The Morgan fingerprint density at radius 3 is 2.41 bits per heavy atom. The smallest absolute Gasteiger partial charge is 0.422 e. The molecule has 0 bridgehead atoms. The summed E-state index contributed by atoms with van der Waals surface area (Å²) in [5.41, 5.74) is 0.396. The normalized spacial score (nSPS) is 9.59. The maximum absolute atomic E-state index is 11.7. The number of rotatable bonds is 2. The first-order chi connectivity index (χ1) is 8.10. The van der Waals surface area contributed by atoms with E-state index in [4.69, 9.17) is 11.6 Å². The van der Waals surface area contributed by atoms with Crippen LogP contribution in [0.4, 0.5) is 15.3 Å². The summed E-state index contributed by atoms with van der Waals surface area (Å²) in [5.74, 6) is 0. The number of amides is 3. The van der Waals surface area contributed by atoms with Crippen LogP contribution >= 0.6 is 11.6 Å². The Morgan fingerprint density at radius 1 is 1.35 bits per heavy atom. The van der Waals surface area contributed by atoms with Crippen molar-refractivity contribution in [3.8, 4) is 0 Å². The molecule has 0 unspecified atom stereocenters. The van der Waals surface area contributed by atoms with Crippen molar-refractivity contribution in [3.05, 3.63) is 29.3 Å². The van der Waals surface area contributed by atoms with Gasteiger partial charge in [0.15, 0.2) is 0 Å². The topological polar surface area (TPSA) is 58.6 Å². The van der Waals surface area contributed by atoms with Crippen LogP contribution in [0.1, 0.15) is 6.92 Å². The van der Waals surface area contributed by atoms with Gasteiger partial charge in [-0.1, -0.05) is 11.6 Å². The molecule has 3 amide bonds. The standard InChI is InChI=1S/C11H13ClN2O3/c1-3-13-10(15)14(11(16)17-2)9-6-4-8(12)5-7-9/h4-7H,3H2,1-2H3,(H,13,15). The largest absolute Gasteiger partial charge is 0.452 e. The summed E-state index contributed by atoms with van der Waals surface area (Å²) >= 11 is 5.74. The Kier molecular flexibility index (Phi) is 4.78. The molecule has 92 valence electrons. The number of imide groups is 1. The van der Waals surface area contributed by atoms with Crippen molar-refractivity contribution < 1.29 is 14.3 Å². The summed E-state index contributed by atoms with van der Waals surface area (Å²) in [7, 11) is 1.21. The van der Waals surface area contributed by atoms with Crippen LogP contribution in [0.3, 0.4) is 0 Å². The predicted octanol–water partition coefficient (Wildman–Crippen LogP) is 2.64. The number of benzene rings is 1. The Balaban J connectivity index is 3.01. The lowest BCUT2D eigenvalue weighted by atomic mass is 10.3. The third-order valence-corrected chi connectivity index (χ3v) is 2.23. The van der Waals surface area contributed by atoms with Crippen LogP contribution in [0.2, 0.25) is 5.02 Å². The fourth-order valence-corrected chi connectivity index (χ4v) is 1.34. The molecular formula is C11H13ClN2O3. The molecule has 6 heteroatoms. The maximum atomic E-state index is 11.7. The number of halogens is 1. The summed E-state index contributed by atoms with van der Waals surface area (Å²) in [5, 5.41) is 3.05. The molecule has 0 atom stereocenters. The molecule has 17 heavy (non-hydrogen) atoms. The minimum Gasteiger partial charge on any atom is -0.452 e. The lowest BCUT2D eigenvalue weighted by Gasteiger charge is -2.19. The second kappa shape index (κ2) is 6.10. The van der Waals surface area contributed by atoms with Crippen LogP contribution in [-0.4, -0.2) is 25.8 Å². The zero-order chi connectivity index (χ0) is 12.8. The van der Waals surface area contributed by atoms with Crippen LogP contribution in [-0.2, 0) is 4.74 Å². The fraction of sp³-hybridized carbons (Fsp3) is 0.273. The molecule has 0 fully saturated rings. The fourth-order valence-electron chi connectivity index (χ4n) is 1.22. The van der Waals surface area contributed by atoms with Gasteiger partial charge < -0.3 is 10.1 Å². The van der Waals surface area contributed by atoms with E-state index in [1.807, 2.05) is 0 Å². The van der Waals surface area contributed by atoms with Crippen molar-refractivity contribution in [1.29, 1.82) is 0 Å². The first kappa shape index (κ1) is 13.3. The highest BCUT2D eigenvalue weighted by Crippen LogP contribution is 2.18. The van der Waals surface area contributed by atoms with Gasteiger partial charge in [0.2, 0.25) is 0 Å². The number of urea groups is 1. The Hall–Kier alpha value is -1.75. The van der Waals surface area contributed by atoms with Gasteiger partial charge in [-0.25, -0.2) is 9.59 Å². The van der Waals surface area contributed by atoms with Crippen molar-refractivity contribution in [2.45, 2.75) is 6.92 Å². The molecule has 0 aliphatic carbocycles. The summed E-state index contributed by atoms with van der Waals surface area (Å²) in [4.78, 5) is 24.1. The molecule has 1 aromatic rings. The third-order valence-electron chi connectivity index (χ3n) is 1.97. The summed E-state index contributed by atoms with van der Waals surface area (Å²) in [6.07, 6.45) is -0.752. The Bertz CT molecular complexity index is 406. The molecule has 0 spiro atoms. The van der Waals surface area contributed by atoms with Gasteiger partial charge in [-0.2, -0.15) is 4.90 Å². The second-order valence-electron chi connectivity index (χ2n) is 3.12. The number of carbonyl (C=O) groups is 2. The van der Waals surface area contributed by atoms with Crippen LogP contribution in [0.5, 0.6) is 0 Å². The van der Waals surface area contributed by atoms with E-state index in [9.17, 15) is 9.59 Å². The summed E-state index contributed by atoms with van der Waals surface area (Å²) in [6, 6.07) is 5.77. The quantitative estimate of drug-likeness (QED) is 0.885. The first-order valence-electron chi connectivity index (χ1n) is 5.01. The molecular weight excluding hydrogens is 244 g/mol. The molecule has 0 aliphatic heterocycles. The molecule has 0 saturated carbocycles. The number of anilines is 1. The van der Waals surface area contributed by atoms with Gasteiger partial charge >= 0.3 is 12.1 Å². The molecule has 5 nitrogen and oxygen atoms in total. The molecule has 0 saturated heterocycles. The van der Waals surface area contributed by atoms with Gasteiger partial charge in [-0.15, -0.1) is 0 Å². The SMILES string of the molecule is CCNC(=O)N(C(=O)OC)c1ccc(Cl)cc1. The van der Waals surface area contributed by atoms with E-state index in [2.05, 4.69) is 10.1 Å². The average molecular weight is 257 g/mol. The highest BCUT2D eigenvalue weighted by atomic mass is 35.5. The van der Waals surface area contributed by atoms with E-state index < -0.39 is 12.1 Å². The molecule has 1 aromatic carbocycles. The van der Waals surface area contributed by atoms with Crippen molar-refractivity contribution >= 4 is 29.4 Å². The number of hydrogen-bond acceptors (Lipinski definition) is 3. The minimum atomic E-state index is -0.752. The number of nitrogens with one attached hydrogen (secondary N) is 1. The number of methoxy groups -OCH3 is 1. The highest BCUT2D eigenvalue weighted by Gasteiger charge is 2.23. The zero-order valence-electron chi connectivity index (χ0n) is 9.57. The number of ether oxygens (including phenoxy) is 1. The third kappa shape index (κ3) is 3.35. The molecule has 1 N–H and O–H groups in total. The van der Waals surface area contributed by atoms with Gasteiger partial charge in [-0.3, -0.25) is 0 Å². The second-order valence-corrected chi connectivity index (χ2v) is 3.55. The minimum absolute atomic E-state index is 0.396. The lowest BCUT2D eigenvalue weighted by Crippen LogP contribution is -2.44. The first-order valence-corrected chi connectivity index (χ1v) is 5.39. The number of carbonyl (C=O) groups excluding carboxylic acids is 2. The van der Waals surface area contributed by atoms with E-state index >= 15 is 0 Å². The Labute approximate surface area is 104 Å². The van der Waals surface area contributed by atoms with Gasteiger partial charge in [0.1, 0.15) is 0 Å². The van der Waals surface area contributed by atoms with E-state index in [1.165, 1.54) is 7.11 Å². The van der Waals surface area contributed by atoms with Gasteiger partial charge in [-0.05, 0) is 31.2 Å². The summed E-state index contributed by atoms with van der Waals surface area (Å²) < 4.78 is 4.56. The van der Waals surface area contributed by atoms with Crippen LogP contribution in [0.15, 0.2) is 24.3 Å². The predicted molar refractivity (Wildman–Crippen MR) is 65.4 cm³/mol. The molecule has 0 aliphatic rings. The molecule has 1 rings (SSSR count). The van der Waals surface area contributed by atoms with E-state index in [0.29, 0.717) is 17.3 Å². The van der Waals surface area contributed by atoms with Gasteiger partial charge in [0, 0.05) is 11.6 Å². The van der Waals surface area contributed by atoms with Crippen molar-refractivity contribution in [2.24, 2.45) is 0 Å². The summed E-state index contributed by atoms with van der Waals surface area (Å²) in [6.45, 7) is 2.18. The number of hydrogen-bond donors (Lipinski definition) is 1. The van der Waals surface area contributed by atoms with Crippen LogP contribution < -0.4 is 10.2 Å². The van der Waals surface area contributed by atoms with Gasteiger partial charge in [0.25, 0.3) is 0 Å². The van der Waals surface area contributed by atoms with Crippen LogP contribution in [0, 0.1) is 0 Å². The van der Waals surface area contributed by atoms with Crippen molar-refractivity contribution in [3.63, 3.8) is 0 Å². The average Bonchev–Trinajstić information content (AvgIpc) is 2.32. The van der Waals surface area contributed by atoms with E-state index in [-0.39, 0.29) is 0 Å². The monoisotopic (exact) mass is 256 g/mol.